The normalized spacial score (nSPS) is 11.7. The third kappa shape index (κ3) is 6.45. The molecule has 0 radical (unpaired) electrons. The lowest BCUT2D eigenvalue weighted by Crippen LogP contribution is -2.39. The van der Waals surface area contributed by atoms with E-state index < -0.39 is 22.5 Å². The van der Waals surface area contributed by atoms with E-state index in [4.69, 9.17) is 11.6 Å². The Balaban J connectivity index is 1.79. The molecular weight excluding hydrogens is 436 g/mol. The first-order chi connectivity index (χ1) is 14.8. The molecule has 3 rings (SSSR count). The van der Waals surface area contributed by atoms with Gasteiger partial charge in [-0.3, -0.25) is 9.78 Å². The highest BCUT2D eigenvalue weighted by atomic mass is 35.5. The number of carbonyl (C=O) groups excluding carboxylic acids is 1. The first-order valence-electron chi connectivity index (χ1n) is 9.38. The van der Waals surface area contributed by atoms with Gasteiger partial charge in [0.2, 0.25) is 10.0 Å². The minimum atomic E-state index is -3.94. The highest BCUT2D eigenvalue weighted by Gasteiger charge is 2.27. The van der Waals surface area contributed by atoms with E-state index >= 15 is 0 Å². The second-order valence-corrected chi connectivity index (χ2v) is 9.16. The molecule has 2 aromatic carbocycles. The van der Waals surface area contributed by atoms with Crippen LogP contribution in [0.15, 0.2) is 83.1 Å². The number of hydrazone groups is 1. The van der Waals surface area contributed by atoms with Gasteiger partial charge in [-0.15, -0.1) is 0 Å². The van der Waals surface area contributed by atoms with Gasteiger partial charge in [-0.2, -0.15) is 9.41 Å². The third-order valence-corrected chi connectivity index (χ3v) is 6.42. The summed E-state index contributed by atoms with van der Waals surface area (Å²) >= 11 is 5.89. The van der Waals surface area contributed by atoms with E-state index in [1.54, 1.807) is 24.5 Å². The number of carbonyl (C=O) groups is 1. The molecule has 0 saturated heterocycles. The summed E-state index contributed by atoms with van der Waals surface area (Å²) < 4.78 is 27.5. The smallest absolute Gasteiger partial charge is 0.255 e. The van der Waals surface area contributed by atoms with Crippen LogP contribution in [0.3, 0.4) is 0 Å². The quantitative estimate of drug-likeness (QED) is 0.415. The Kier molecular flexibility index (Phi) is 7.51. The minimum absolute atomic E-state index is 0.0345. The maximum atomic E-state index is 13.2. The zero-order valence-corrected chi connectivity index (χ0v) is 18.3. The lowest BCUT2D eigenvalue weighted by Gasteiger charge is -2.21. The van der Waals surface area contributed by atoms with Crippen molar-refractivity contribution in [2.24, 2.45) is 5.10 Å². The molecule has 0 aliphatic rings. The summed E-state index contributed by atoms with van der Waals surface area (Å²) in [6.45, 7) is 1.58. The molecule has 0 fully saturated rings. The molecule has 1 N–H and O–H groups in total. The molecule has 1 amide bonds. The first-order valence-corrected chi connectivity index (χ1v) is 11.2. The van der Waals surface area contributed by atoms with E-state index in [2.05, 4.69) is 15.5 Å². The van der Waals surface area contributed by atoms with Crippen LogP contribution >= 0.6 is 11.6 Å². The summed E-state index contributed by atoms with van der Waals surface area (Å²) in [7, 11) is -3.94. The van der Waals surface area contributed by atoms with Crippen molar-refractivity contribution in [3.63, 3.8) is 0 Å². The van der Waals surface area contributed by atoms with E-state index in [0.29, 0.717) is 5.02 Å². The van der Waals surface area contributed by atoms with E-state index in [-0.39, 0.29) is 11.4 Å². The van der Waals surface area contributed by atoms with Gasteiger partial charge in [-0.25, -0.2) is 13.8 Å². The van der Waals surface area contributed by atoms with E-state index in [1.165, 1.54) is 30.5 Å². The van der Waals surface area contributed by atoms with Gasteiger partial charge in [0.25, 0.3) is 5.91 Å². The lowest BCUT2D eigenvalue weighted by atomic mass is 10.1. The summed E-state index contributed by atoms with van der Waals surface area (Å²) in [5, 5.41) is 4.31. The molecule has 160 valence electrons. The fraction of sp³-hybridized carbons (Fsp3) is 0.136. The van der Waals surface area contributed by atoms with Gasteiger partial charge in [0, 0.05) is 24.0 Å². The van der Waals surface area contributed by atoms with Crippen LogP contribution in [0.4, 0.5) is 0 Å². The Bertz CT molecular complexity index is 1150. The number of benzene rings is 2. The Morgan fingerprint density at radius 1 is 1.06 bits per heavy atom. The highest BCUT2D eigenvalue weighted by Crippen LogP contribution is 2.20. The van der Waals surface area contributed by atoms with Crippen molar-refractivity contribution in [1.29, 1.82) is 0 Å². The van der Waals surface area contributed by atoms with E-state index in [1.807, 2.05) is 31.2 Å². The Morgan fingerprint density at radius 3 is 2.35 bits per heavy atom. The van der Waals surface area contributed by atoms with Gasteiger partial charge in [0.1, 0.15) is 0 Å². The molecule has 1 aromatic heterocycles. The second kappa shape index (κ2) is 10.3. The number of hydrogen-bond donors (Lipinski definition) is 1. The molecule has 0 aliphatic heterocycles. The summed E-state index contributed by atoms with van der Waals surface area (Å²) in [4.78, 5) is 16.4. The van der Waals surface area contributed by atoms with Crippen molar-refractivity contribution >= 4 is 33.7 Å². The SMILES string of the molecule is Cc1ccc(CN(CC(=O)N/N=C\c2ccncc2)S(=O)(=O)c2ccc(Cl)cc2)cc1. The highest BCUT2D eigenvalue weighted by molar-refractivity contribution is 7.89. The van der Waals surface area contributed by atoms with Crippen LogP contribution in [0.5, 0.6) is 0 Å². The average molecular weight is 457 g/mol. The summed E-state index contributed by atoms with van der Waals surface area (Å²) in [5.41, 5.74) is 4.94. The van der Waals surface area contributed by atoms with Crippen LogP contribution in [0.2, 0.25) is 5.02 Å². The topological polar surface area (TPSA) is 91.7 Å². The van der Waals surface area contributed by atoms with Gasteiger partial charge < -0.3 is 0 Å². The molecule has 1 heterocycles. The van der Waals surface area contributed by atoms with Crippen molar-refractivity contribution in [2.75, 3.05) is 6.54 Å². The zero-order chi connectivity index (χ0) is 22.3. The number of halogens is 1. The molecule has 0 unspecified atom stereocenters. The summed E-state index contributed by atoms with van der Waals surface area (Å²) in [6.07, 6.45) is 4.66. The summed E-state index contributed by atoms with van der Waals surface area (Å²) in [5.74, 6) is -0.560. The molecule has 3 aromatic rings. The number of aromatic nitrogens is 1. The zero-order valence-electron chi connectivity index (χ0n) is 16.8. The molecular formula is C22H21ClN4O3S. The summed E-state index contributed by atoms with van der Waals surface area (Å²) in [6, 6.07) is 16.7. The number of aryl methyl sites for hydroxylation is 1. The molecule has 0 spiro atoms. The molecule has 9 heteroatoms. The largest absolute Gasteiger partial charge is 0.272 e. The van der Waals surface area contributed by atoms with Crippen LogP contribution in [0, 0.1) is 6.92 Å². The number of nitrogens with one attached hydrogen (secondary N) is 1. The average Bonchev–Trinajstić information content (AvgIpc) is 2.76. The Morgan fingerprint density at radius 2 is 1.71 bits per heavy atom. The number of rotatable bonds is 8. The number of pyridine rings is 1. The van der Waals surface area contributed by atoms with Gasteiger partial charge in [-0.1, -0.05) is 41.4 Å². The number of hydrogen-bond acceptors (Lipinski definition) is 5. The van der Waals surface area contributed by atoms with Crippen molar-refractivity contribution in [2.45, 2.75) is 18.4 Å². The van der Waals surface area contributed by atoms with Crippen LogP contribution < -0.4 is 5.43 Å². The Labute approximate surface area is 186 Å². The van der Waals surface area contributed by atoms with Crippen LogP contribution in [0.25, 0.3) is 0 Å². The number of amides is 1. The predicted octanol–water partition coefficient (Wildman–Crippen LogP) is 3.38. The lowest BCUT2D eigenvalue weighted by molar-refractivity contribution is -0.121. The molecule has 31 heavy (non-hydrogen) atoms. The second-order valence-electron chi connectivity index (χ2n) is 6.79. The maximum Gasteiger partial charge on any atom is 0.255 e. The molecule has 0 saturated carbocycles. The van der Waals surface area contributed by atoms with E-state index in [9.17, 15) is 13.2 Å². The van der Waals surface area contributed by atoms with Crippen LogP contribution in [0.1, 0.15) is 16.7 Å². The predicted molar refractivity (Wildman–Crippen MR) is 120 cm³/mol. The van der Waals surface area contributed by atoms with Crippen molar-refractivity contribution < 1.29 is 13.2 Å². The third-order valence-electron chi connectivity index (χ3n) is 4.36. The maximum absolute atomic E-state index is 13.2. The standard InChI is InChI=1S/C22H21ClN4O3S/c1-17-2-4-19(5-3-17)15-27(31(29,30)21-8-6-20(23)7-9-21)16-22(28)26-25-14-18-10-12-24-13-11-18/h2-14H,15-16H2,1H3,(H,26,28)/b25-14-. The molecule has 7 nitrogen and oxygen atoms in total. The molecule has 0 atom stereocenters. The Hall–Kier alpha value is -3.07. The van der Waals surface area contributed by atoms with Crippen LogP contribution in [-0.4, -0.2) is 36.4 Å². The molecule has 0 bridgehead atoms. The van der Waals surface area contributed by atoms with Crippen molar-refractivity contribution in [3.8, 4) is 0 Å². The first kappa shape index (κ1) is 22.6. The number of nitrogens with zero attached hydrogens (tertiary/aromatic N) is 3. The van der Waals surface area contributed by atoms with Gasteiger partial charge in [-0.05, 0) is 54.4 Å². The molecule has 0 aliphatic carbocycles. The fourth-order valence-corrected chi connectivity index (χ4v) is 4.21. The minimum Gasteiger partial charge on any atom is -0.272 e. The van der Waals surface area contributed by atoms with Gasteiger partial charge in [0.05, 0.1) is 17.7 Å². The van der Waals surface area contributed by atoms with Gasteiger partial charge in [0.15, 0.2) is 0 Å². The van der Waals surface area contributed by atoms with E-state index in [0.717, 1.165) is 21.0 Å². The monoisotopic (exact) mass is 456 g/mol. The van der Waals surface area contributed by atoms with Crippen molar-refractivity contribution in [3.05, 3.63) is 94.8 Å². The van der Waals surface area contributed by atoms with Gasteiger partial charge >= 0.3 is 0 Å². The fourth-order valence-electron chi connectivity index (χ4n) is 2.70. The number of sulfonamides is 1. The van der Waals surface area contributed by atoms with Crippen molar-refractivity contribution in [1.82, 2.24) is 14.7 Å². The van der Waals surface area contributed by atoms with Crippen LogP contribution in [-0.2, 0) is 21.4 Å².